The average Bonchev–Trinajstić information content (AvgIpc) is 2.18. The van der Waals surface area contributed by atoms with Crippen LogP contribution in [-0.4, -0.2) is 25.2 Å². The van der Waals surface area contributed by atoms with Gasteiger partial charge in [-0.25, -0.2) is 8.42 Å². The highest BCUT2D eigenvalue weighted by molar-refractivity contribution is 7.93. The molecule has 0 saturated carbocycles. The first-order valence-corrected chi connectivity index (χ1v) is 6.26. The minimum absolute atomic E-state index is 0.238. The molecule has 0 aliphatic rings. The van der Waals surface area contributed by atoms with Crippen LogP contribution in [0.2, 0.25) is 0 Å². The van der Waals surface area contributed by atoms with Crippen LogP contribution in [0.25, 0.3) is 0 Å². The Bertz CT molecular complexity index is 543. The second kappa shape index (κ2) is 5.32. The molecule has 0 fully saturated rings. The maximum Gasteiger partial charge on any atom is 0.320 e. The highest BCUT2D eigenvalue weighted by atomic mass is 32.2. The maximum absolute atomic E-state index is 11.3. The third-order valence-electron chi connectivity index (χ3n) is 1.82. The molecule has 0 spiro atoms. The lowest BCUT2D eigenvalue weighted by atomic mass is 10.1. The fraction of sp³-hybridized carbons (Fsp3) is 0.200. The molecule has 2 N–H and O–H groups in total. The van der Waals surface area contributed by atoms with Crippen LogP contribution in [0.1, 0.15) is 5.56 Å². The number of benzene rings is 1. The molecular weight excluding hydrogens is 244 g/mol. The van der Waals surface area contributed by atoms with Crippen LogP contribution in [0, 0.1) is 11.3 Å². The number of nitrogens with zero attached hydrogens (tertiary/aromatic N) is 1. The van der Waals surface area contributed by atoms with Crippen LogP contribution in [0.4, 0.5) is 5.69 Å². The van der Waals surface area contributed by atoms with Gasteiger partial charge in [-0.3, -0.25) is 9.52 Å². The summed E-state index contributed by atoms with van der Waals surface area (Å²) in [4.78, 5) is 10.3. The standard InChI is InChI=1S/C10H10N2O4S/c11-6-5-8-1-3-9(4-2-8)12-17(15,16)7-10(13)14/h1-4,12H,5,7H2,(H,13,14). The van der Waals surface area contributed by atoms with Crippen molar-refractivity contribution in [3.05, 3.63) is 29.8 Å². The lowest BCUT2D eigenvalue weighted by Gasteiger charge is -2.06. The number of nitrogens with one attached hydrogen (secondary N) is 1. The number of anilines is 1. The van der Waals surface area contributed by atoms with Crippen molar-refractivity contribution in [2.24, 2.45) is 0 Å². The van der Waals surface area contributed by atoms with Crippen molar-refractivity contribution in [2.45, 2.75) is 6.42 Å². The van der Waals surface area contributed by atoms with Gasteiger partial charge in [-0.2, -0.15) is 5.26 Å². The van der Waals surface area contributed by atoms with Gasteiger partial charge < -0.3 is 5.11 Å². The normalized spacial score (nSPS) is 10.5. The Balaban J connectivity index is 2.76. The molecule has 0 aromatic heterocycles. The van der Waals surface area contributed by atoms with Crippen molar-refractivity contribution in [1.29, 1.82) is 5.26 Å². The van der Waals surface area contributed by atoms with Crippen LogP contribution >= 0.6 is 0 Å². The number of rotatable bonds is 5. The number of sulfonamides is 1. The Kier molecular flexibility index (Phi) is 4.06. The molecule has 0 amide bonds. The highest BCUT2D eigenvalue weighted by Gasteiger charge is 2.15. The van der Waals surface area contributed by atoms with Gasteiger partial charge >= 0.3 is 5.97 Å². The van der Waals surface area contributed by atoms with Crippen LogP contribution in [0.15, 0.2) is 24.3 Å². The van der Waals surface area contributed by atoms with Gasteiger partial charge in [0.1, 0.15) is 0 Å². The Morgan fingerprint density at radius 2 is 1.94 bits per heavy atom. The van der Waals surface area contributed by atoms with Crippen molar-refractivity contribution in [3.8, 4) is 6.07 Å². The summed E-state index contributed by atoms with van der Waals surface area (Å²) < 4.78 is 24.7. The van der Waals surface area contributed by atoms with Gasteiger partial charge in [-0.05, 0) is 17.7 Å². The topological polar surface area (TPSA) is 107 Å². The largest absolute Gasteiger partial charge is 0.480 e. The van der Waals surface area contributed by atoms with E-state index in [0.29, 0.717) is 0 Å². The van der Waals surface area contributed by atoms with Crippen LogP contribution < -0.4 is 4.72 Å². The summed E-state index contributed by atoms with van der Waals surface area (Å²) >= 11 is 0. The first kappa shape index (κ1) is 13.0. The molecule has 1 aromatic rings. The Morgan fingerprint density at radius 3 is 2.41 bits per heavy atom. The van der Waals surface area contributed by atoms with Crippen LogP contribution in [0.5, 0.6) is 0 Å². The first-order valence-electron chi connectivity index (χ1n) is 4.61. The zero-order valence-electron chi connectivity index (χ0n) is 8.75. The van der Waals surface area contributed by atoms with Gasteiger partial charge in [0.15, 0.2) is 5.75 Å². The fourth-order valence-corrected chi connectivity index (χ4v) is 2.05. The van der Waals surface area contributed by atoms with Gasteiger partial charge in [0.05, 0.1) is 12.5 Å². The Labute approximate surface area is 98.6 Å². The van der Waals surface area contributed by atoms with E-state index < -0.39 is 21.7 Å². The summed E-state index contributed by atoms with van der Waals surface area (Å²) in [7, 11) is -3.87. The zero-order valence-corrected chi connectivity index (χ0v) is 9.57. The van der Waals surface area contributed by atoms with E-state index in [1.807, 2.05) is 6.07 Å². The summed E-state index contributed by atoms with van der Waals surface area (Å²) in [5.41, 5.74) is 1.03. The fourth-order valence-electron chi connectivity index (χ4n) is 1.16. The van der Waals surface area contributed by atoms with E-state index in [4.69, 9.17) is 10.4 Å². The van der Waals surface area contributed by atoms with Gasteiger partial charge in [-0.1, -0.05) is 12.1 Å². The van der Waals surface area contributed by atoms with Crippen molar-refractivity contribution in [1.82, 2.24) is 0 Å². The quantitative estimate of drug-likeness (QED) is 0.799. The number of carboxylic acids is 1. The van der Waals surface area contributed by atoms with E-state index in [0.717, 1.165) is 5.56 Å². The Hall–Kier alpha value is -2.07. The molecule has 6 nitrogen and oxygen atoms in total. The summed E-state index contributed by atoms with van der Waals surface area (Å²) in [6, 6.07) is 8.12. The molecule has 17 heavy (non-hydrogen) atoms. The number of carbonyl (C=O) groups is 1. The van der Waals surface area contributed by atoms with E-state index >= 15 is 0 Å². The summed E-state index contributed by atoms with van der Waals surface area (Å²) in [6.45, 7) is 0. The SMILES string of the molecule is N#CCc1ccc(NS(=O)(=O)CC(=O)O)cc1. The second-order valence-corrected chi connectivity index (χ2v) is 5.01. The van der Waals surface area contributed by atoms with Gasteiger partial charge in [0.25, 0.3) is 0 Å². The molecule has 0 aliphatic heterocycles. The lowest BCUT2D eigenvalue weighted by molar-refractivity contribution is -0.134. The minimum Gasteiger partial charge on any atom is -0.480 e. The van der Waals surface area contributed by atoms with Gasteiger partial charge in [0, 0.05) is 5.69 Å². The lowest BCUT2D eigenvalue weighted by Crippen LogP contribution is -2.22. The number of aliphatic carboxylic acids is 1. The van der Waals surface area contributed by atoms with E-state index in [2.05, 4.69) is 4.72 Å². The van der Waals surface area contributed by atoms with Crippen LogP contribution in [0.3, 0.4) is 0 Å². The van der Waals surface area contributed by atoms with Gasteiger partial charge in [0.2, 0.25) is 10.0 Å². The smallest absolute Gasteiger partial charge is 0.320 e. The molecule has 0 aliphatic carbocycles. The number of hydrogen-bond acceptors (Lipinski definition) is 4. The minimum atomic E-state index is -3.87. The third kappa shape index (κ3) is 4.53. The number of hydrogen-bond donors (Lipinski definition) is 2. The average molecular weight is 254 g/mol. The second-order valence-electron chi connectivity index (χ2n) is 3.29. The molecule has 0 heterocycles. The van der Waals surface area contributed by atoms with E-state index in [-0.39, 0.29) is 12.1 Å². The van der Waals surface area contributed by atoms with E-state index in [1.54, 1.807) is 12.1 Å². The third-order valence-corrected chi connectivity index (χ3v) is 3.00. The highest BCUT2D eigenvalue weighted by Crippen LogP contribution is 2.11. The van der Waals surface area contributed by atoms with E-state index in [1.165, 1.54) is 12.1 Å². The molecule has 0 bridgehead atoms. The van der Waals surface area contributed by atoms with Crippen molar-refractivity contribution in [3.63, 3.8) is 0 Å². The molecule has 0 radical (unpaired) electrons. The molecule has 90 valence electrons. The molecule has 1 aromatic carbocycles. The summed E-state index contributed by atoms with van der Waals surface area (Å²) in [5.74, 6) is -2.40. The van der Waals surface area contributed by atoms with Crippen LogP contribution in [-0.2, 0) is 21.2 Å². The van der Waals surface area contributed by atoms with Crippen molar-refractivity contribution in [2.75, 3.05) is 10.5 Å². The monoisotopic (exact) mass is 254 g/mol. The molecular formula is C10H10N2O4S. The maximum atomic E-state index is 11.3. The summed E-state index contributed by atoms with van der Waals surface area (Å²) in [6.07, 6.45) is 0.238. The van der Waals surface area contributed by atoms with Gasteiger partial charge in [-0.15, -0.1) is 0 Å². The number of carboxylic acid groups (broad SMARTS) is 1. The molecule has 7 heteroatoms. The predicted molar refractivity (Wildman–Crippen MR) is 60.8 cm³/mol. The number of nitriles is 1. The predicted octanol–water partition coefficient (Wildman–Crippen LogP) is 0.579. The van der Waals surface area contributed by atoms with E-state index in [9.17, 15) is 13.2 Å². The Morgan fingerprint density at radius 1 is 1.35 bits per heavy atom. The van der Waals surface area contributed by atoms with Crippen molar-refractivity contribution < 1.29 is 18.3 Å². The molecule has 1 rings (SSSR count). The van der Waals surface area contributed by atoms with Crippen molar-refractivity contribution >= 4 is 21.7 Å². The zero-order chi connectivity index (χ0) is 12.9. The molecule has 0 saturated heterocycles. The summed E-state index contributed by atoms with van der Waals surface area (Å²) in [5, 5.41) is 16.8. The molecule has 0 atom stereocenters. The first-order chi connectivity index (χ1) is 7.93. The molecule has 0 unspecified atom stereocenters.